The quantitative estimate of drug-likeness (QED) is 0.440. The van der Waals surface area contributed by atoms with E-state index in [9.17, 15) is 19.8 Å². The van der Waals surface area contributed by atoms with Crippen molar-refractivity contribution < 1.29 is 24.5 Å². The summed E-state index contributed by atoms with van der Waals surface area (Å²) in [6, 6.07) is 3.50. The van der Waals surface area contributed by atoms with Gasteiger partial charge in [0, 0.05) is 31.5 Å². The molecule has 1 saturated carbocycles. The molecule has 9 heteroatoms. The Hall–Kier alpha value is -2.23. The van der Waals surface area contributed by atoms with Crippen molar-refractivity contribution in [2.24, 2.45) is 0 Å². The van der Waals surface area contributed by atoms with E-state index >= 15 is 0 Å². The van der Waals surface area contributed by atoms with E-state index in [0.717, 1.165) is 31.2 Å². The van der Waals surface area contributed by atoms with Gasteiger partial charge in [-0.05, 0) is 24.5 Å². The molecule has 0 radical (unpaired) electrons. The number of nitrogens with one attached hydrogen (secondary N) is 3. The Kier molecular flexibility index (Phi) is 7.79. The van der Waals surface area contributed by atoms with Gasteiger partial charge in [-0.25, -0.2) is 4.79 Å². The number of carbonyl (C=O) groups is 2. The highest BCUT2D eigenvalue weighted by atomic mass is 16.5. The van der Waals surface area contributed by atoms with E-state index in [4.69, 9.17) is 4.74 Å². The van der Waals surface area contributed by atoms with E-state index in [2.05, 4.69) is 20.9 Å². The number of hydrogen-bond donors (Lipinski definition) is 5. The maximum Gasteiger partial charge on any atom is 0.315 e. The SMILES string of the molecule is O=C(C[C@H]1O[C@H](CNC(=O)NC2CCCCC2)[C@@H](O)[C@H]1O)NCc1cccnc1. The van der Waals surface area contributed by atoms with Crippen molar-refractivity contribution in [1.82, 2.24) is 20.9 Å². The van der Waals surface area contributed by atoms with Gasteiger partial charge in [0.1, 0.15) is 18.3 Å². The number of carbonyl (C=O) groups excluding carboxylic acids is 2. The van der Waals surface area contributed by atoms with Crippen LogP contribution in [0.5, 0.6) is 0 Å². The van der Waals surface area contributed by atoms with Crippen molar-refractivity contribution >= 4 is 11.9 Å². The average Bonchev–Trinajstić information content (AvgIpc) is 3.00. The second-order valence-corrected chi connectivity index (χ2v) is 7.73. The Morgan fingerprint density at radius 3 is 2.59 bits per heavy atom. The summed E-state index contributed by atoms with van der Waals surface area (Å²) in [5, 5.41) is 28.7. The Morgan fingerprint density at radius 2 is 1.86 bits per heavy atom. The zero-order chi connectivity index (χ0) is 20.6. The normalized spacial score (nSPS) is 27.4. The van der Waals surface area contributed by atoms with Crippen LogP contribution in [0.2, 0.25) is 0 Å². The second-order valence-electron chi connectivity index (χ2n) is 7.73. The molecule has 29 heavy (non-hydrogen) atoms. The van der Waals surface area contributed by atoms with Crippen LogP contribution in [-0.4, -0.2) is 64.1 Å². The Labute approximate surface area is 170 Å². The third-order valence-electron chi connectivity index (χ3n) is 5.46. The van der Waals surface area contributed by atoms with Crippen LogP contribution < -0.4 is 16.0 Å². The van der Waals surface area contributed by atoms with E-state index < -0.39 is 24.4 Å². The van der Waals surface area contributed by atoms with Gasteiger partial charge >= 0.3 is 6.03 Å². The summed E-state index contributed by atoms with van der Waals surface area (Å²) >= 11 is 0. The molecule has 2 heterocycles. The van der Waals surface area contributed by atoms with E-state index in [1.807, 2.05) is 6.07 Å². The molecule has 5 N–H and O–H groups in total. The van der Waals surface area contributed by atoms with Crippen LogP contribution >= 0.6 is 0 Å². The third kappa shape index (κ3) is 6.38. The first-order valence-electron chi connectivity index (χ1n) is 10.2. The lowest BCUT2D eigenvalue weighted by Crippen LogP contribution is -2.47. The number of aromatic nitrogens is 1. The number of rotatable bonds is 7. The Morgan fingerprint density at radius 1 is 1.10 bits per heavy atom. The van der Waals surface area contributed by atoms with Gasteiger partial charge in [-0.15, -0.1) is 0 Å². The summed E-state index contributed by atoms with van der Waals surface area (Å²) in [6.45, 7) is 0.384. The molecule has 4 atom stereocenters. The highest BCUT2D eigenvalue weighted by molar-refractivity contribution is 5.76. The molecule has 3 rings (SSSR count). The zero-order valence-electron chi connectivity index (χ0n) is 16.4. The second kappa shape index (κ2) is 10.5. The molecule has 0 spiro atoms. The number of nitrogens with zero attached hydrogens (tertiary/aromatic N) is 1. The summed E-state index contributed by atoms with van der Waals surface area (Å²) in [5.41, 5.74) is 0.861. The summed E-state index contributed by atoms with van der Waals surface area (Å²) < 4.78 is 5.63. The highest BCUT2D eigenvalue weighted by Crippen LogP contribution is 2.23. The van der Waals surface area contributed by atoms with Gasteiger partial charge in [-0.3, -0.25) is 9.78 Å². The van der Waals surface area contributed by atoms with E-state index in [-0.39, 0.29) is 30.9 Å². The van der Waals surface area contributed by atoms with Crippen LogP contribution in [0.15, 0.2) is 24.5 Å². The first-order chi connectivity index (χ1) is 14.0. The lowest BCUT2D eigenvalue weighted by atomic mass is 9.96. The fourth-order valence-corrected chi connectivity index (χ4v) is 3.80. The molecule has 0 unspecified atom stereocenters. The molecule has 1 aromatic heterocycles. The van der Waals surface area contributed by atoms with Crippen molar-refractivity contribution in [2.75, 3.05) is 6.54 Å². The highest BCUT2D eigenvalue weighted by Gasteiger charge is 2.43. The Balaban J connectivity index is 1.39. The zero-order valence-corrected chi connectivity index (χ0v) is 16.4. The van der Waals surface area contributed by atoms with Crippen LogP contribution in [0.25, 0.3) is 0 Å². The van der Waals surface area contributed by atoms with Crippen molar-refractivity contribution in [2.45, 2.75) is 75.5 Å². The lowest BCUT2D eigenvalue weighted by Gasteiger charge is -2.23. The number of aliphatic hydroxyl groups is 2. The molecule has 1 saturated heterocycles. The molecule has 160 valence electrons. The van der Waals surface area contributed by atoms with E-state index in [1.54, 1.807) is 18.5 Å². The molecule has 1 aliphatic heterocycles. The van der Waals surface area contributed by atoms with Crippen molar-refractivity contribution in [3.8, 4) is 0 Å². The molecular formula is C20H30N4O5. The third-order valence-corrected chi connectivity index (χ3v) is 5.46. The standard InChI is InChI=1S/C20H30N4O5/c25-17(22-11-13-5-4-8-21-10-13)9-15-18(26)19(27)16(29-15)12-23-20(28)24-14-6-2-1-3-7-14/h4-5,8,10,14-16,18-19,26-27H,1-3,6-7,9,11-12H2,(H,22,25)(H2,23,24,28)/t15-,16-,18+,19-/m1/s1. The number of urea groups is 1. The number of pyridine rings is 1. The predicted molar refractivity (Wildman–Crippen MR) is 105 cm³/mol. The average molecular weight is 406 g/mol. The van der Waals surface area contributed by atoms with Gasteiger partial charge < -0.3 is 30.9 Å². The monoisotopic (exact) mass is 406 g/mol. The van der Waals surface area contributed by atoms with Gasteiger partial charge in [0.2, 0.25) is 5.91 Å². The number of hydrogen-bond acceptors (Lipinski definition) is 6. The van der Waals surface area contributed by atoms with Crippen LogP contribution in [-0.2, 0) is 16.1 Å². The summed E-state index contributed by atoms with van der Waals surface area (Å²) in [4.78, 5) is 28.2. The van der Waals surface area contributed by atoms with Crippen molar-refractivity contribution in [3.63, 3.8) is 0 Å². The molecule has 0 bridgehead atoms. The van der Waals surface area contributed by atoms with Crippen molar-refractivity contribution in [1.29, 1.82) is 0 Å². The predicted octanol–water partition coefficient (Wildman–Crippen LogP) is 0.209. The van der Waals surface area contributed by atoms with E-state index in [1.165, 1.54) is 6.42 Å². The summed E-state index contributed by atoms with van der Waals surface area (Å²) in [7, 11) is 0. The smallest absolute Gasteiger partial charge is 0.315 e. The van der Waals surface area contributed by atoms with Crippen LogP contribution in [0.4, 0.5) is 4.79 Å². The molecule has 0 aromatic carbocycles. The summed E-state index contributed by atoms with van der Waals surface area (Å²) in [6.07, 6.45) is 4.68. The lowest BCUT2D eigenvalue weighted by molar-refractivity contribution is -0.125. The van der Waals surface area contributed by atoms with Gasteiger partial charge in [0.05, 0.1) is 12.5 Å². The topological polar surface area (TPSA) is 133 Å². The molecule has 3 amide bonds. The van der Waals surface area contributed by atoms with Crippen LogP contribution in [0.3, 0.4) is 0 Å². The molecule has 1 aromatic rings. The number of ether oxygens (including phenoxy) is 1. The first-order valence-corrected chi connectivity index (χ1v) is 10.2. The maximum atomic E-state index is 12.1. The molecule has 2 fully saturated rings. The Bertz CT molecular complexity index is 668. The minimum atomic E-state index is -1.19. The van der Waals surface area contributed by atoms with E-state index in [0.29, 0.717) is 6.54 Å². The van der Waals surface area contributed by atoms with Gasteiger partial charge in [0.15, 0.2) is 0 Å². The molecule has 2 aliphatic rings. The summed E-state index contributed by atoms with van der Waals surface area (Å²) in [5.74, 6) is -0.297. The van der Waals surface area contributed by atoms with Gasteiger partial charge in [-0.2, -0.15) is 0 Å². The minimum Gasteiger partial charge on any atom is -0.388 e. The molecule has 9 nitrogen and oxygen atoms in total. The van der Waals surface area contributed by atoms with Gasteiger partial charge in [-0.1, -0.05) is 25.3 Å². The largest absolute Gasteiger partial charge is 0.388 e. The molecular weight excluding hydrogens is 376 g/mol. The van der Waals surface area contributed by atoms with Crippen LogP contribution in [0.1, 0.15) is 44.1 Å². The van der Waals surface area contributed by atoms with Crippen LogP contribution in [0, 0.1) is 0 Å². The first kappa shape index (κ1) is 21.5. The molecule has 1 aliphatic carbocycles. The maximum absolute atomic E-state index is 12.1. The fourth-order valence-electron chi connectivity index (χ4n) is 3.80. The van der Waals surface area contributed by atoms with Gasteiger partial charge in [0.25, 0.3) is 0 Å². The fraction of sp³-hybridized carbons (Fsp3) is 0.650. The minimum absolute atomic E-state index is 0.0601. The number of amides is 3. The number of aliphatic hydroxyl groups excluding tert-OH is 2. The van der Waals surface area contributed by atoms with Crippen molar-refractivity contribution in [3.05, 3.63) is 30.1 Å².